The molecule has 0 saturated carbocycles. The molecular formula is C52H86O2S3. The molecule has 5 heteroatoms. The summed E-state index contributed by atoms with van der Waals surface area (Å²) in [6.45, 7) is 9.91. The van der Waals surface area contributed by atoms with E-state index in [9.17, 15) is 4.79 Å². The van der Waals surface area contributed by atoms with Crippen LogP contribution in [0.1, 0.15) is 230 Å². The van der Waals surface area contributed by atoms with Crippen molar-refractivity contribution in [3.05, 3.63) is 53.6 Å². The van der Waals surface area contributed by atoms with E-state index >= 15 is 0 Å². The molecule has 0 N–H and O–H groups in total. The molecule has 0 spiro atoms. The zero-order valence-corrected chi connectivity index (χ0v) is 39.9. The van der Waals surface area contributed by atoms with Crippen LogP contribution in [0.3, 0.4) is 0 Å². The lowest BCUT2D eigenvalue weighted by molar-refractivity contribution is 0.104. The molecule has 0 fully saturated rings. The van der Waals surface area contributed by atoms with Gasteiger partial charge in [0.25, 0.3) is 0 Å². The molecule has 2 aromatic rings. The van der Waals surface area contributed by atoms with Crippen molar-refractivity contribution in [1.29, 1.82) is 0 Å². The first kappa shape index (κ1) is 51.8. The van der Waals surface area contributed by atoms with Crippen molar-refractivity contribution in [2.24, 2.45) is 0 Å². The largest absolute Gasteiger partial charge is 0.494 e. The van der Waals surface area contributed by atoms with Crippen LogP contribution in [-0.4, -0.2) is 29.6 Å². The molecular weight excluding hydrogens is 753 g/mol. The summed E-state index contributed by atoms with van der Waals surface area (Å²) in [7, 11) is 0. The Hall–Kier alpha value is -1.30. The van der Waals surface area contributed by atoms with Crippen molar-refractivity contribution in [1.82, 2.24) is 0 Å². The molecule has 0 aliphatic rings. The fourth-order valence-electron chi connectivity index (χ4n) is 7.16. The highest BCUT2D eigenvalue weighted by Crippen LogP contribution is 2.41. The number of hydrogen-bond donors (Lipinski definition) is 0. The molecule has 2 rings (SSSR count). The van der Waals surface area contributed by atoms with Crippen LogP contribution in [-0.2, 0) is 0 Å². The van der Waals surface area contributed by atoms with Crippen molar-refractivity contribution in [3.63, 3.8) is 0 Å². The minimum atomic E-state index is 0.0919. The molecule has 324 valence electrons. The molecule has 0 aliphatic heterocycles. The Morgan fingerprint density at radius 3 is 1.26 bits per heavy atom. The second kappa shape index (κ2) is 37.7. The van der Waals surface area contributed by atoms with Crippen LogP contribution in [0.5, 0.6) is 5.75 Å². The lowest BCUT2D eigenvalue weighted by atomic mass is 10.0. The number of thioether (sulfide) groups is 3. The first-order valence-corrected chi connectivity index (χ1v) is 27.1. The number of allylic oxidation sites excluding steroid dienone is 1. The average Bonchev–Trinajstić information content (AvgIpc) is 3.23. The molecule has 0 heterocycles. The SMILES string of the molecule is CCCCCCCCCCCCCCCCCCCOc1ccc(C=CC(=O)c2cc(SCCCCCC)c(SCCCCCC)c(SCCCCCC)c2)cc1. The lowest BCUT2D eigenvalue weighted by Crippen LogP contribution is -1.99. The van der Waals surface area contributed by atoms with Crippen LogP contribution in [0, 0.1) is 0 Å². The zero-order chi connectivity index (χ0) is 40.9. The molecule has 0 bridgehead atoms. The molecule has 2 aromatic carbocycles. The number of benzene rings is 2. The first-order valence-electron chi connectivity index (χ1n) is 24.1. The highest BCUT2D eigenvalue weighted by molar-refractivity contribution is 8.03. The fraction of sp³-hybridized carbons (Fsp3) is 0.712. The van der Waals surface area contributed by atoms with Crippen molar-refractivity contribution < 1.29 is 9.53 Å². The number of carbonyl (C=O) groups is 1. The molecule has 0 aliphatic carbocycles. The van der Waals surface area contributed by atoms with E-state index in [-0.39, 0.29) is 5.78 Å². The Morgan fingerprint density at radius 1 is 0.474 bits per heavy atom. The summed E-state index contributed by atoms with van der Waals surface area (Å²) >= 11 is 5.97. The van der Waals surface area contributed by atoms with Crippen LogP contribution in [0.25, 0.3) is 6.08 Å². The van der Waals surface area contributed by atoms with Crippen molar-refractivity contribution in [2.45, 2.75) is 229 Å². The number of ether oxygens (including phenoxy) is 1. The molecule has 0 unspecified atom stereocenters. The van der Waals surface area contributed by atoms with Gasteiger partial charge < -0.3 is 4.74 Å². The predicted octanol–water partition coefficient (Wildman–Crippen LogP) is 18.6. The van der Waals surface area contributed by atoms with E-state index in [2.05, 4.69) is 52.0 Å². The van der Waals surface area contributed by atoms with Crippen molar-refractivity contribution >= 4 is 47.1 Å². The van der Waals surface area contributed by atoms with E-state index in [1.807, 2.05) is 53.5 Å². The topological polar surface area (TPSA) is 26.3 Å². The van der Waals surface area contributed by atoms with Gasteiger partial charge in [0.15, 0.2) is 5.78 Å². The minimum absolute atomic E-state index is 0.0919. The molecule has 0 radical (unpaired) electrons. The first-order chi connectivity index (χ1) is 28.1. The maximum Gasteiger partial charge on any atom is 0.185 e. The summed E-state index contributed by atoms with van der Waals surface area (Å²) in [6.07, 6.45) is 42.6. The number of carbonyl (C=O) groups excluding carboxylic acids is 1. The lowest BCUT2D eigenvalue weighted by Gasteiger charge is -2.16. The van der Waals surface area contributed by atoms with Gasteiger partial charge in [-0.05, 0) is 78.8 Å². The Balaban J connectivity index is 1.82. The Morgan fingerprint density at radius 2 is 0.842 bits per heavy atom. The number of ketones is 1. The molecule has 0 atom stereocenters. The van der Waals surface area contributed by atoms with Gasteiger partial charge in [-0.15, -0.1) is 35.3 Å². The van der Waals surface area contributed by atoms with Gasteiger partial charge in [0.2, 0.25) is 0 Å². The number of unbranched alkanes of at least 4 members (excludes halogenated alkanes) is 25. The van der Waals surface area contributed by atoms with Crippen LogP contribution >= 0.6 is 35.3 Å². The van der Waals surface area contributed by atoms with Crippen LogP contribution < -0.4 is 4.74 Å². The minimum Gasteiger partial charge on any atom is -0.494 e. The molecule has 0 aromatic heterocycles. The third-order valence-electron chi connectivity index (χ3n) is 10.9. The molecule has 2 nitrogen and oxygen atoms in total. The normalized spacial score (nSPS) is 11.6. The van der Waals surface area contributed by atoms with E-state index in [1.54, 1.807) is 6.08 Å². The van der Waals surface area contributed by atoms with Gasteiger partial charge in [-0.25, -0.2) is 0 Å². The van der Waals surface area contributed by atoms with Gasteiger partial charge in [0.05, 0.1) is 6.61 Å². The van der Waals surface area contributed by atoms with Gasteiger partial charge in [-0.1, -0.05) is 206 Å². The maximum absolute atomic E-state index is 13.7. The van der Waals surface area contributed by atoms with Gasteiger partial charge in [0.1, 0.15) is 5.75 Å². The molecule has 0 amide bonds. The van der Waals surface area contributed by atoms with E-state index in [0.29, 0.717) is 0 Å². The number of hydrogen-bond acceptors (Lipinski definition) is 5. The summed E-state index contributed by atoms with van der Waals surface area (Å²) in [6, 6.07) is 12.6. The Kier molecular flexibility index (Phi) is 34.3. The van der Waals surface area contributed by atoms with Gasteiger partial charge >= 0.3 is 0 Å². The van der Waals surface area contributed by atoms with Gasteiger partial charge in [0, 0.05) is 20.2 Å². The van der Waals surface area contributed by atoms with E-state index in [0.717, 1.165) is 47.2 Å². The highest BCUT2D eigenvalue weighted by atomic mass is 32.2. The van der Waals surface area contributed by atoms with Crippen LogP contribution in [0.15, 0.2) is 57.2 Å². The van der Waals surface area contributed by atoms with E-state index in [1.165, 1.54) is 194 Å². The Labute approximate surface area is 366 Å². The third kappa shape index (κ3) is 27.2. The smallest absolute Gasteiger partial charge is 0.185 e. The van der Waals surface area contributed by atoms with Crippen molar-refractivity contribution in [2.75, 3.05) is 23.9 Å². The monoisotopic (exact) mass is 839 g/mol. The number of rotatable bonds is 40. The maximum atomic E-state index is 13.7. The van der Waals surface area contributed by atoms with Crippen molar-refractivity contribution in [3.8, 4) is 5.75 Å². The van der Waals surface area contributed by atoms with Crippen LogP contribution in [0.4, 0.5) is 0 Å². The third-order valence-corrected chi connectivity index (χ3v) is 14.6. The standard InChI is InChI=1S/C52H86O2S3/c1-5-9-13-17-18-19-20-21-22-23-24-25-26-27-28-29-30-40-54-48-37-34-46(35-38-48)36-39-49(53)47-44-50(55-41-31-14-10-6-2)52(57-43-33-16-12-8-4)51(45-47)56-42-32-15-11-7-3/h34-39,44-45H,5-33,40-43H2,1-4H3. The molecule has 57 heavy (non-hydrogen) atoms. The summed E-state index contributed by atoms with van der Waals surface area (Å²) < 4.78 is 6.07. The summed E-state index contributed by atoms with van der Waals surface area (Å²) in [4.78, 5) is 17.7. The zero-order valence-electron chi connectivity index (χ0n) is 37.5. The molecule has 0 saturated heterocycles. The van der Waals surface area contributed by atoms with Crippen LogP contribution in [0.2, 0.25) is 0 Å². The summed E-state index contributed by atoms with van der Waals surface area (Å²) in [5.41, 5.74) is 1.85. The summed E-state index contributed by atoms with van der Waals surface area (Å²) in [5.74, 6) is 4.39. The summed E-state index contributed by atoms with van der Waals surface area (Å²) in [5, 5.41) is 0. The predicted molar refractivity (Wildman–Crippen MR) is 261 cm³/mol. The average molecular weight is 839 g/mol. The Bertz CT molecular complexity index is 1220. The second-order valence-corrected chi connectivity index (χ2v) is 19.7. The van der Waals surface area contributed by atoms with E-state index in [4.69, 9.17) is 4.74 Å². The second-order valence-electron chi connectivity index (χ2n) is 16.3. The fourth-order valence-corrected chi connectivity index (χ4v) is 10.9. The van der Waals surface area contributed by atoms with E-state index < -0.39 is 0 Å². The van der Waals surface area contributed by atoms with Gasteiger partial charge in [-0.3, -0.25) is 4.79 Å². The quantitative estimate of drug-likeness (QED) is 0.0288. The highest BCUT2D eigenvalue weighted by Gasteiger charge is 2.16. The van der Waals surface area contributed by atoms with Gasteiger partial charge in [-0.2, -0.15) is 0 Å².